The largest absolute Gasteiger partial charge is 0.341 e. The number of amides is 2. The summed E-state index contributed by atoms with van der Waals surface area (Å²) in [6.45, 7) is 3.11. The van der Waals surface area contributed by atoms with Crippen molar-refractivity contribution < 1.29 is 14.0 Å². The molecule has 2 aromatic rings. The van der Waals surface area contributed by atoms with Crippen molar-refractivity contribution >= 4 is 34.9 Å². The van der Waals surface area contributed by atoms with Gasteiger partial charge in [0.15, 0.2) is 0 Å². The van der Waals surface area contributed by atoms with Gasteiger partial charge in [-0.05, 0) is 42.0 Å². The van der Waals surface area contributed by atoms with E-state index in [9.17, 15) is 14.0 Å². The average molecular weight is 407 g/mol. The molecule has 0 aliphatic carbocycles. The monoisotopic (exact) mass is 406 g/mol. The lowest BCUT2D eigenvalue weighted by atomic mass is 10.2. The Balaban J connectivity index is 1.64. The average Bonchev–Trinajstić information content (AvgIpc) is 3.30. The van der Waals surface area contributed by atoms with Crippen molar-refractivity contribution in [1.82, 2.24) is 9.80 Å². The SMILES string of the molecule is CC[C@H]1S[C@H](c2cccc(F)c2)N(CCCN(C)C(=O)c2cccs2)C1=O. The minimum Gasteiger partial charge on any atom is -0.341 e. The number of hydrogen-bond donors (Lipinski definition) is 0. The van der Waals surface area contributed by atoms with E-state index in [1.807, 2.05) is 35.4 Å². The van der Waals surface area contributed by atoms with Crippen LogP contribution in [0.25, 0.3) is 0 Å². The van der Waals surface area contributed by atoms with Gasteiger partial charge in [0.2, 0.25) is 5.91 Å². The van der Waals surface area contributed by atoms with E-state index < -0.39 is 0 Å². The molecule has 2 amide bonds. The molecule has 27 heavy (non-hydrogen) atoms. The highest BCUT2D eigenvalue weighted by Crippen LogP contribution is 2.44. The summed E-state index contributed by atoms with van der Waals surface area (Å²) in [5.41, 5.74) is 0.812. The van der Waals surface area contributed by atoms with Gasteiger partial charge in [0, 0.05) is 20.1 Å². The van der Waals surface area contributed by atoms with Gasteiger partial charge in [0.25, 0.3) is 5.91 Å². The summed E-state index contributed by atoms with van der Waals surface area (Å²) in [6.07, 6.45) is 1.44. The van der Waals surface area contributed by atoms with Crippen LogP contribution in [0.1, 0.15) is 40.4 Å². The van der Waals surface area contributed by atoms with Crippen LogP contribution < -0.4 is 0 Å². The fraction of sp³-hybridized carbons (Fsp3) is 0.400. The number of carbonyl (C=O) groups excluding carboxylic acids is 2. The van der Waals surface area contributed by atoms with Gasteiger partial charge in [-0.2, -0.15) is 0 Å². The quantitative estimate of drug-likeness (QED) is 0.684. The van der Waals surface area contributed by atoms with Crippen molar-refractivity contribution in [2.24, 2.45) is 0 Å². The lowest BCUT2D eigenvalue weighted by Crippen LogP contribution is -2.34. The van der Waals surface area contributed by atoms with Gasteiger partial charge in [-0.25, -0.2) is 4.39 Å². The second kappa shape index (κ2) is 8.89. The molecule has 1 aromatic carbocycles. The minimum atomic E-state index is -0.290. The molecule has 0 spiro atoms. The Morgan fingerprint density at radius 3 is 2.78 bits per heavy atom. The van der Waals surface area contributed by atoms with Gasteiger partial charge in [0.1, 0.15) is 11.2 Å². The van der Waals surface area contributed by atoms with E-state index in [0.29, 0.717) is 24.4 Å². The van der Waals surface area contributed by atoms with Crippen LogP contribution in [-0.4, -0.2) is 47.0 Å². The molecule has 144 valence electrons. The van der Waals surface area contributed by atoms with Gasteiger partial charge in [-0.15, -0.1) is 23.1 Å². The predicted octanol–water partition coefficient (Wildman–Crippen LogP) is 4.40. The van der Waals surface area contributed by atoms with Gasteiger partial charge in [-0.3, -0.25) is 9.59 Å². The number of thiophene rings is 1. The van der Waals surface area contributed by atoms with E-state index in [-0.39, 0.29) is 28.3 Å². The molecule has 1 saturated heterocycles. The molecular formula is C20H23FN2O2S2. The maximum Gasteiger partial charge on any atom is 0.263 e. The van der Waals surface area contributed by atoms with Crippen LogP contribution in [-0.2, 0) is 4.79 Å². The molecule has 0 saturated carbocycles. The van der Waals surface area contributed by atoms with Crippen LogP contribution >= 0.6 is 23.1 Å². The second-order valence-electron chi connectivity index (χ2n) is 6.53. The van der Waals surface area contributed by atoms with Crippen molar-refractivity contribution in [3.05, 3.63) is 58.0 Å². The van der Waals surface area contributed by atoms with E-state index in [4.69, 9.17) is 0 Å². The number of nitrogens with zero attached hydrogens (tertiary/aromatic N) is 2. The van der Waals surface area contributed by atoms with Crippen molar-refractivity contribution in [3.63, 3.8) is 0 Å². The summed E-state index contributed by atoms with van der Waals surface area (Å²) < 4.78 is 13.6. The lowest BCUT2D eigenvalue weighted by Gasteiger charge is -2.25. The normalized spacial score (nSPS) is 19.5. The van der Waals surface area contributed by atoms with Crippen molar-refractivity contribution in [3.8, 4) is 0 Å². The van der Waals surface area contributed by atoms with Crippen molar-refractivity contribution in [2.45, 2.75) is 30.4 Å². The maximum atomic E-state index is 13.6. The molecular weight excluding hydrogens is 383 g/mol. The summed E-state index contributed by atoms with van der Waals surface area (Å²) in [4.78, 5) is 29.3. The summed E-state index contributed by atoms with van der Waals surface area (Å²) in [7, 11) is 1.78. The number of benzene rings is 1. The molecule has 3 rings (SSSR count). The zero-order valence-corrected chi connectivity index (χ0v) is 17.1. The molecule has 0 unspecified atom stereocenters. The number of hydrogen-bond acceptors (Lipinski definition) is 4. The predicted molar refractivity (Wildman–Crippen MR) is 108 cm³/mol. The number of rotatable bonds is 7. The molecule has 4 nitrogen and oxygen atoms in total. The molecule has 1 fully saturated rings. The highest BCUT2D eigenvalue weighted by molar-refractivity contribution is 8.01. The topological polar surface area (TPSA) is 40.6 Å². The maximum absolute atomic E-state index is 13.6. The third kappa shape index (κ3) is 4.52. The third-order valence-corrected chi connectivity index (χ3v) is 7.12. The standard InChI is InChI=1S/C20H23FN2O2S2/c1-3-16-19(25)23(20(27-16)14-7-4-8-15(21)13-14)11-6-10-22(2)18(24)17-9-5-12-26-17/h4-5,7-9,12-13,16,20H,3,6,10-11H2,1-2H3/t16-,20-/m1/s1. The van der Waals surface area contributed by atoms with E-state index in [1.54, 1.807) is 29.8 Å². The molecule has 2 atom stereocenters. The van der Waals surface area contributed by atoms with Crippen molar-refractivity contribution in [2.75, 3.05) is 20.1 Å². The third-order valence-electron chi connectivity index (χ3n) is 4.61. The van der Waals surface area contributed by atoms with Crippen LogP contribution in [0, 0.1) is 5.82 Å². The molecule has 1 aliphatic rings. The van der Waals surface area contributed by atoms with E-state index in [0.717, 1.165) is 12.0 Å². The molecule has 0 bridgehead atoms. The molecule has 1 aromatic heterocycles. The van der Waals surface area contributed by atoms with E-state index in [1.165, 1.54) is 23.5 Å². The Morgan fingerprint density at radius 2 is 2.11 bits per heavy atom. The fourth-order valence-corrected chi connectivity index (χ4v) is 5.31. The van der Waals surface area contributed by atoms with Gasteiger partial charge < -0.3 is 9.80 Å². The van der Waals surface area contributed by atoms with Crippen LogP contribution in [0.15, 0.2) is 41.8 Å². The van der Waals surface area contributed by atoms with Crippen LogP contribution in [0.3, 0.4) is 0 Å². The number of carbonyl (C=O) groups is 2. The van der Waals surface area contributed by atoms with Crippen LogP contribution in [0.5, 0.6) is 0 Å². The summed E-state index contributed by atoms with van der Waals surface area (Å²) in [6, 6.07) is 10.1. The molecule has 2 heterocycles. The zero-order valence-electron chi connectivity index (χ0n) is 15.4. The Kier molecular flexibility index (Phi) is 6.55. The number of thioether (sulfide) groups is 1. The highest BCUT2D eigenvalue weighted by atomic mass is 32.2. The first-order valence-electron chi connectivity index (χ1n) is 9.01. The van der Waals surface area contributed by atoms with Crippen LogP contribution in [0.2, 0.25) is 0 Å². The highest BCUT2D eigenvalue weighted by Gasteiger charge is 2.39. The Morgan fingerprint density at radius 1 is 1.30 bits per heavy atom. The zero-order chi connectivity index (χ0) is 19.4. The van der Waals surface area contributed by atoms with Crippen molar-refractivity contribution in [1.29, 1.82) is 0 Å². The second-order valence-corrected chi connectivity index (χ2v) is 8.76. The Labute approximate surface area is 167 Å². The van der Waals surface area contributed by atoms with Gasteiger partial charge in [0.05, 0.1) is 10.1 Å². The first-order chi connectivity index (χ1) is 13.0. The minimum absolute atomic E-state index is 0.000221. The fourth-order valence-electron chi connectivity index (χ4n) is 3.17. The Bertz CT molecular complexity index is 797. The van der Waals surface area contributed by atoms with E-state index in [2.05, 4.69) is 0 Å². The molecule has 1 aliphatic heterocycles. The van der Waals surface area contributed by atoms with Gasteiger partial charge in [-0.1, -0.05) is 25.1 Å². The summed E-state index contributed by atoms with van der Waals surface area (Å²) in [5.74, 6) is -0.189. The lowest BCUT2D eigenvalue weighted by molar-refractivity contribution is -0.130. The van der Waals surface area contributed by atoms with E-state index >= 15 is 0 Å². The van der Waals surface area contributed by atoms with Gasteiger partial charge >= 0.3 is 0 Å². The van der Waals surface area contributed by atoms with Crippen LogP contribution in [0.4, 0.5) is 4.39 Å². The molecule has 0 radical (unpaired) electrons. The summed E-state index contributed by atoms with van der Waals surface area (Å²) >= 11 is 3.01. The molecule has 0 N–H and O–H groups in total. The number of halogens is 1. The smallest absolute Gasteiger partial charge is 0.263 e. The Hall–Kier alpha value is -1.86. The molecule has 7 heteroatoms. The first-order valence-corrected chi connectivity index (χ1v) is 10.8. The first kappa shape index (κ1) is 19.9. The summed E-state index contributed by atoms with van der Waals surface area (Å²) in [5, 5.41) is 1.62.